The van der Waals surface area contributed by atoms with E-state index in [0.29, 0.717) is 22.8 Å². The van der Waals surface area contributed by atoms with Crippen LogP contribution in [0.5, 0.6) is 5.88 Å². The Morgan fingerprint density at radius 2 is 1.90 bits per heavy atom. The number of benzene rings is 1. The van der Waals surface area contributed by atoms with E-state index in [1.165, 1.54) is 0 Å². The predicted octanol–water partition coefficient (Wildman–Crippen LogP) is 5.03. The normalized spacial score (nSPS) is 11.6. The van der Waals surface area contributed by atoms with Crippen LogP contribution in [0.15, 0.2) is 60.1 Å². The number of hydrogen-bond acceptors (Lipinski definition) is 4. The summed E-state index contributed by atoms with van der Waals surface area (Å²) in [5.41, 5.74) is 3.94. The maximum Gasteiger partial charge on any atom is 0.405 e. The van der Waals surface area contributed by atoms with Gasteiger partial charge in [-0.1, -0.05) is 30.3 Å². The third-order valence-corrected chi connectivity index (χ3v) is 5.39. The maximum absolute atomic E-state index is 12.3. The zero-order valence-electron chi connectivity index (χ0n) is 15.7. The van der Waals surface area contributed by atoms with Crippen LogP contribution in [-0.2, 0) is 0 Å². The average Bonchev–Trinajstić information content (AvgIpc) is 3.38. The Bertz CT molecular complexity index is 1200. The van der Waals surface area contributed by atoms with E-state index in [2.05, 4.69) is 4.98 Å². The average molecular weight is 431 g/mol. The van der Waals surface area contributed by atoms with Gasteiger partial charge in [-0.2, -0.15) is 13.2 Å². The highest BCUT2D eigenvalue weighted by molar-refractivity contribution is 7.12. The van der Waals surface area contributed by atoms with Crippen LogP contribution in [-0.4, -0.2) is 35.1 Å². The molecular weight excluding hydrogens is 415 g/mol. The molecule has 30 heavy (non-hydrogen) atoms. The number of alkyl halides is 3. The van der Waals surface area contributed by atoms with Crippen LogP contribution < -0.4 is 10.1 Å². The van der Waals surface area contributed by atoms with Gasteiger partial charge in [0.05, 0.1) is 23.9 Å². The Morgan fingerprint density at radius 1 is 1.13 bits per heavy atom. The van der Waals surface area contributed by atoms with Gasteiger partial charge in [-0.15, -0.1) is 11.3 Å². The summed E-state index contributed by atoms with van der Waals surface area (Å²) in [6, 6.07) is 15.1. The maximum atomic E-state index is 12.3. The molecule has 4 rings (SSSR count). The third-order valence-electron chi connectivity index (χ3n) is 4.46. The molecule has 0 aliphatic heterocycles. The highest BCUT2D eigenvalue weighted by Crippen LogP contribution is 2.32. The van der Waals surface area contributed by atoms with E-state index in [9.17, 15) is 18.0 Å². The van der Waals surface area contributed by atoms with Crippen molar-refractivity contribution in [1.29, 1.82) is 0 Å². The molecule has 1 aromatic carbocycles. The molecule has 1 amide bonds. The van der Waals surface area contributed by atoms with Crippen LogP contribution in [0.4, 0.5) is 13.2 Å². The second kappa shape index (κ2) is 7.83. The minimum Gasteiger partial charge on any atom is -0.482 e. The summed E-state index contributed by atoms with van der Waals surface area (Å²) in [7, 11) is 1.55. The Kier molecular flexibility index (Phi) is 5.21. The van der Waals surface area contributed by atoms with Crippen LogP contribution >= 0.6 is 11.3 Å². The molecule has 154 valence electrons. The minimum atomic E-state index is -4.46. The first-order valence-corrected chi connectivity index (χ1v) is 9.78. The number of pyridine rings is 1. The first kappa shape index (κ1) is 20.0. The number of hydrogen-bond donors (Lipinski definition) is 1. The number of aromatic nitrogens is 2. The Labute approximate surface area is 173 Å². The molecule has 0 fully saturated rings. The van der Waals surface area contributed by atoms with E-state index in [0.717, 1.165) is 22.5 Å². The fourth-order valence-electron chi connectivity index (χ4n) is 3.09. The molecule has 0 radical (unpaired) electrons. The Morgan fingerprint density at radius 3 is 2.60 bits per heavy atom. The summed E-state index contributed by atoms with van der Waals surface area (Å²) < 4.78 is 44.4. The van der Waals surface area contributed by atoms with Crippen molar-refractivity contribution in [1.82, 2.24) is 14.7 Å². The molecule has 0 spiro atoms. The van der Waals surface area contributed by atoms with Gasteiger partial charge in [-0.05, 0) is 23.3 Å². The topological polar surface area (TPSA) is 55.6 Å². The van der Waals surface area contributed by atoms with E-state index in [1.54, 1.807) is 29.2 Å². The van der Waals surface area contributed by atoms with E-state index >= 15 is 0 Å². The van der Waals surface area contributed by atoms with Crippen molar-refractivity contribution >= 4 is 22.9 Å². The third kappa shape index (κ3) is 4.02. The zero-order chi connectivity index (χ0) is 21.3. The van der Waals surface area contributed by atoms with Crippen LogP contribution in [0.25, 0.3) is 28.0 Å². The smallest absolute Gasteiger partial charge is 0.405 e. The number of methoxy groups -OCH3 is 1. The van der Waals surface area contributed by atoms with Gasteiger partial charge < -0.3 is 10.1 Å². The molecule has 3 heterocycles. The molecule has 0 aliphatic carbocycles. The van der Waals surface area contributed by atoms with Gasteiger partial charge in [0.1, 0.15) is 12.2 Å². The SMILES string of the molecule is COc1cc(-c2ccccc2)cc2ncc(-c3csc(C(=O)NCC(F)(F)F)c3)n12. The van der Waals surface area contributed by atoms with Crippen molar-refractivity contribution in [3.63, 3.8) is 0 Å². The summed E-state index contributed by atoms with van der Waals surface area (Å²) in [5.74, 6) is -0.219. The molecule has 0 saturated heterocycles. The summed E-state index contributed by atoms with van der Waals surface area (Å²) >= 11 is 1.07. The molecule has 1 N–H and O–H groups in total. The minimum absolute atomic E-state index is 0.184. The van der Waals surface area contributed by atoms with Gasteiger partial charge in [0, 0.05) is 17.0 Å². The first-order valence-electron chi connectivity index (χ1n) is 8.90. The number of fused-ring (bicyclic) bond motifs is 1. The molecule has 0 bridgehead atoms. The molecule has 9 heteroatoms. The molecule has 0 aliphatic rings. The van der Waals surface area contributed by atoms with Gasteiger partial charge in [0.15, 0.2) is 5.88 Å². The van der Waals surface area contributed by atoms with Crippen LogP contribution in [0.2, 0.25) is 0 Å². The van der Waals surface area contributed by atoms with Crippen molar-refractivity contribution in [3.8, 4) is 28.3 Å². The van der Waals surface area contributed by atoms with Crippen molar-refractivity contribution < 1.29 is 22.7 Å². The fourth-order valence-corrected chi connectivity index (χ4v) is 3.90. The lowest BCUT2D eigenvalue weighted by Gasteiger charge is -2.10. The van der Waals surface area contributed by atoms with Crippen LogP contribution in [0, 0.1) is 0 Å². The number of carbonyl (C=O) groups is 1. The number of rotatable bonds is 5. The van der Waals surface area contributed by atoms with E-state index in [-0.39, 0.29) is 4.88 Å². The number of nitrogens with one attached hydrogen (secondary N) is 1. The lowest BCUT2D eigenvalue weighted by molar-refractivity contribution is -0.123. The van der Waals surface area contributed by atoms with Gasteiger partial charge >= 0.3 is 6.18 Å². The van der Waals surface area contributed by atoms with E-state index in [4.69, 9.17) is 4.74 Å². The van der Waals surface area contributed by atoms with Gasteiger partial charge in [-0.3, -0.25) is 9.20 Å². The summed E-state index contributed by atoms with van der Waals surface area (Å²) in [6.07, 6.45) is -2.81. The lowest BCUT2D eigenvalue weighted by atomic mass is 10.1. The number of ether oxygens (including phenoxy) is 1. The molecule has 0 atom stereocenters. The molecule has 5 nitrogen and oxygen atoms in total. The van der Waals surface area contributed by atoms with Gasteiger partial charge in [0.2, 0.25) is 0 Å². The molecule has 0 saturated carbocycles. The second-order valence-electron chi connectivity index (χ2n) is 6.49. The monoisotopic (exact) mass is 431 g/mol. The van der Waals surface area contributed by atoms with Crippen molar-refractivity contribution in [2.24, 2.45) is 0 Å². The summed E-state index contributed by atoms with van der Waals surface area (Å²) in [5, 5.41) is 3.59. The highest BCUT2D eigenvalue weighted by atomic mass is 32.1. The number of carbonyl (C=O) groups excluding carboxylic acids is 1. The number of thiophene rings is 1. The van der Waals surface area contributed by atoms with E-state index in [1.807, 2.05) is 47.8 Å². The summed E-state index contributed by atoms with van der Waals surface area (Å²) in [6.45, 7) is -1.37. The standard InChI is InChI=1S/C21H16F3N3O2S/c1-29-19-9-14(13-5-3-2-4-6-13)8-18-25-10-16(27(18)19)15-7-17(30-11-15)20(28)26-12-21(22,23)24/h2-11H,12H2,1H3,(H,26,28). The zero-order valence-corrected chi connectivity index (χ0v) is 16.6. The second-order valence-corrected chi connectivity index (χ2v) is 7.40. The van der Waals surface area contributed by atoms with Crippen molar-refractivity contribution in [2.45, 2.75) is 6.18 Å². The largest absolute Gasteiger partial charge is 0.482 e. The van der Waals surface area contributed by atoms with Gasteiger partial charge in [-0.25, -0.2) is 4.98 Å². The lowest BCUT2D eigenvalue weighted by Crippen LogP contribution is -2.33. The number of imidazole rings is 1. The predicted molar refractivity (Wildman–Crippen MR) is 109 cm³/mol. The number of nitrogens with zero attached hydrogens (tertiary/aromatic N) is 2. The Hall–Kier alpha value is -3.33. The Balaban J connectivity index is 1.69. The molecule has 3 aromatic heterocycles. The fraction of sp³-hybridized carbons (Fsp3) is 0.143. The summed E-state index contributed by atoms with van der Waals surface area (Å²) in [4.78, 5) is 16.6. The van der Waals surface area contributed by atoms with Crippen molar-refractivity contribution in [3.05, 3.63) is 65.0 Å². The molecule has 4 aromatic rings. The van der Waals surface area contributed by atoms with Crippen LogP contribution in [0.3, 0.4) is 0 Å². The number of amides is 1. The first-order chi connectivity index (χ1) is 14.4. The quantitative estimate of drug-likeness (QED) is 0.482. The number of halogens is 3. The van der Waals surface area contributed by atoms with Crippen LogP contribution in [0.1, 0.15) is 9.67 Å². The molecular formula is C21H16F3N3O2S. The van der Waals surface area contributed by atoms with Crippen molar-refractivity contribution in [2.75, 3.05) is 13.7 Å². The van der Waals surface area contributed by atoms with E-state index < -0.39 is 18.6 Å². The highest BCUT2D eigenvalue weighted by Gasteiger charge is 2.28. The molecule has 0 unspecified atom stereocenters. The van der Waals surface area contributed by atoms with Gasteiger partial charge in [0.25, 0.3) is 5.91 Å².